The maximum atomic E-state index is 12.3. The number of allylic oxidation sites excluding steroid dienone is 20. The summed E-state index contributed by atoms with van der Waals surface area (Å²) in [5.41, 5.74) is 0. The fourth-order valence-electron chi connectivity index (χ4n) is 3.76. The molecule has 0 saturated heterocycles. The summed E-state index contributed by atoms with van der Waals surface area (Å²) in [5, 5.41) is 0. The van der Waals surface area contributed by atoms with Crippen molar-refractivity contribution in [1.82, 2.24) is 0 Å². The van der Waals surface area contributed by atoms with Crippen LogP contribution in [0.3, 0.4) is 0 Å². The highest BCUT2D eigenvalue weighted by molar-refractivity contribution is 7.46. The van der Waals surface area contributed by atoms with E-state index in [9.17, 15) is 14.2 Å². The number of ether oxygens (including phenoxy) is 2. The summed E-state index contributed by atoms with van der Waals surface area (Å²) in [6.07, 6.45) is 47.8. The van der Waals surface area contributed by atoms with E-state index in [1.54, 1.807) is 0 Å². The zero-order chi connectivity index (χ0) is 35.4. The van der Waals surface area contributed by atoms with Crippen LogP contribution >= 0.6 is 7.82 Å². The SMILES string of the molecule is CC/C=C/C=C/C=C/C=C/C=C/C=C/CCCCCC(=O)OCC(COP(=O)(O)O)OC(=O)CCCCC/C=C/C=C/C=C/C=C/CC. The van der Waals surface area contributed by atoms with Gasteiger partial charge in [0.2, 0.25) is 0 Å². The number of carbonyl (C=O) groups is 2. The van der Waals surface area contributed by atoms with Gasteiger partial charge < -0.3 is 19.3 Å². The van der Waals surface area contributed by atoms with Crippen molar-refractivity contribution in [3.05, 3.63) is 122 Å². The third-order valence-electron chi connectivity index (χ3n) is 6.23. The molecule has 0 rings (SSSR count). The molecule has 0 saturated carbocycles. The van der Waals surface area contributed by atoms with Crippen molar-refractivity contribution >= 4 is 19.8 Å². The molecule has 0 radical (unpaired) electrons. The topological polar surface area (TPSA) is 119 Å². The minimum absolute atomic E-state index is 0.146. The Balaban J connectivity index is 4.23. The molecule has 0 aromatic carbocycles. The molecule has 0 aliphatic carbocycles. The van der Waals surface area contributed by atoms with Gasteiger partial charge in [0, 0.05) is 12.8 Å². The van der Waals surface area contributed by atoms with Gasteiger partial charge >= 0.3 is 19.8 Å². The van der Waals surface area contributed by atoms with Crippen LogP contribution in [-0.4, -0.2) is 41.0 Å². The first-order chi connectivity index (χ1) is 23.3. The van der Waals surface area contributed by atoms with Gasteiger partial charge in [-0.3, -0.25) is 14.1 Å². The van der Waals surface area contributed by atoms with E-state index in [-0.39, 0.29) is 19.4 Å². The van der Waals surface area contributed by atoms with Crippen LogP contribution in [-0.2, 0) is 28.2 Å². The largest absolute Gasteiger partial charge is 0.469 e. The Kier molecular flexibility index (Phi) is 30.9. The molecule has 48 heavy (non-hydrogen) atoms. The number of unbranched alkanes of at least 4 members (excludes halogenated alkanes) is 6. The monoisotopic (exact) mass is 684 g/mol. The molecule has 266 valence electrons. The summed E-state index contributed by atoms with van der Waals surface area (Å²) < 4.78 is 26.2. The molecule has 0 heterocycles. The van der Waals surface area contributed by atoms with E-state index in [2.05, 4.69) is 42.7 Å². The summed E-state index contributed by atoms with van der Waals surface area (Å²) in [6.45, 7) is 3.28. The lowest BCUT2D eigenvalue weighted by molar-refractivity contribution is -0.161. The normalized spacial score (nSPS) is 14.0. The van der Waals surface area contributed by atoms with Gasteiger partial charge in [0.05, 0.1) is 6.61 Å². The number of rotatable bonds is 28. The number of hydrogen-bond donors (Lipinski definition) is 2. The lowest BCUT2D eigenvalue weighted by Gasteiger charge is -2.18. The second-order valence-electron chi connectivity index (χ2n) is 10.6. The first-order valence-corrected chi connectivity index (χ1v) is 18.5. The lowest BCUT2D eigenvalue weighted by atomic mass is 10.1. The minimum atomic E-state index is -4.78. The molecule has 2 N–H and O–H groups in total. The third-order valence-corrected chi connectivity index (χ3v) is 6.72. The Morgan fingerprint density at radius 1 is 0.542 bits per heavy atom. The van der Waals surface area contributed by atoms with Crippen LogP contribution in [0.2, 0.25) is 0 Å². The van der Waals surface area contributed by atoms with Crippen molar-refractivity contribution in [2.24, 2.45) is 0 Å². The highest BCUT2D eigenvalue weighted by Crippen LogP contribution is 2.35. The Morgan fingerprint density at radius 2 is 0.938 bits per heavy atom. The van der Waals surface area contributed by atoms with Crippen LogP contribution in [0, 0.1) is 0 Å². The molecular formula is C39H57O8P. The van der Waals surface area contributed by atoms with Crippen LogP contribution in [0.5, 0.6) is 0 Å². The van der Waals surface area contributed by atoms with Crippen molar-refractivity contribution < 1.29 is 37.9 Å². The highest BCUT2D eigenvalue weighted by Gasteiger charge is 2.22. The standard InChI is InChI=1S/C39H57O8P/c1-3-5-7-9-11-13-15-17-18-19-20-22-23-25-27-29-31-33-38(40)45-35-37(36-46-48(42,43)44)47-39(41)34-32-30-28-26-24-21-16-14-12-10-8-6-4-2/h5-24,37H,3-4,25-36H2,1-2H3,(H2,42,43,44)/b7-5+,8-6+,11-9+,12-10+,15-13+,16-14+,18-17+,20-19+,23-22+,24-21+. The fraction of sp³-hybridized carbons (Fsp3) is 0.436. The quantitative estimate of drug-likeness (QED) is 0.0362. The van der Waals surface area contributed by atoms with E-state index in [1.807, 2.05) is 97.2 Å². The Labute approximate surface area is 289 Å². The summed E-state index contributed by atoms with van der Waals surface area (Å²) in [6, 6.07) is 0. The average Bonchev–Trinajstić information content (AvgIpc) is 3.05. The van der Waals surface area contributed by atoms with Crippen molar-refractivity contribution in [2.75, 3.05) is 13.2 Å². The molecular weight excluding hydrogens is 627 g/mol. The molecule has 0 aliphatic heterocycles. The molecule has 0 bridgehead atoms. The number of esters is 2. The minimum Gasteiger partial charge on any atom is -0.462 e. The second kappa shape index (κ2) is 33.4. The van der Waals surface area contributed by atoms with Gasteiger partial charge in [0.15, 0.2) is 6.10 Å². The molecule has 0 aromatic rings. The van der Waals surface area contributed by atoms with Crippen LogP contribution < -0.4 is 0 Å². The van der Waals surface area contributed by atoms with Gasteiger partial charge in [0.1, 0.15) is 6.61 Å². The average molecular weight is 685 g/mol. The Hall–Kier alpha value is -3.55. The highest BCUT2D eigenvalue weighted by atomic mass is 31.2. The van der Waals surface area contributed by atoms with Gasteiger partial charge in [-0.25, -0.2) is 4.57 Å². The maximum Gasteiger partial charge on any atom is 0.469 e. The molecule has 8 nitrogen and oxygen atoms in total. The first kappa shape index (κ1) is 44.5. The number of hydrogen-bond acceptors (Lipinski definition) is 6. The summed E-state index contributed by atoms with van der Waals surface area (Å²) in [5.74, 6) is -1.00. The maximum absolute atomic E-state index is 12.3. The molecule has 0 aromatic heterocycles. The molecule has 0 aliphatic rings. The molecule has 0 amide bonds. The smallest absolute Gasteiger partial charge is 0.462 e. The van der Waals surface area contributed by atoms with Crippen molar-refractivity contribution in [3.8, 4) is 0 Å². The second-order valence-corrected chi connectivity index (χ2v) is 11.9. The van der Waals surface area contributed by atoms with Crippen molar-refractivity contribution in [1.29, 1.82) is 0 Å². The summed E-state index contributed by atoms with van der Waals surface area (Å²) in [4.78, 5) is 42.6. The molecule has 1 unspecified atom stereocenters. The van der Waals surface area contributed by atoms with Gasteiger partial charge in [-0.2, -0.15) is 0 Å². The first-order valence-electron chi connectivity index (χ1n) is 17.0. The lowest BCUT2D eigenvalue weighted by Crippen LogP contribution is -2.29. The van der Waals surface area contributed by atoms with Gasteiger partial charge in [-0.15, -0.1) is 0 Å². The fourth-order valence-corrected chi connectivity index (χ4v) is 4.13. The van der Waals surface area contributed by atoms with Crippen molar-refractivity contribution in [3.63, 3.8) is 0 Å². The van der Waals surface area contributed by atoms with Gasteiger partial charge in [-0.1, -0.05) is 148 Å². The van der Waals surface area contributed by atoms with Crippen LogP contribution in [0.1, 0.15) is 90.9 Å². The van der Waals surface area contributed by atoms with E-state index in [4.69, 9.17) is 19.3 Å². The zero-order valence-electron chi connectivity index (χ0n) is 28.8. The van der Waals surface area contributed by atoms with E-state index in [0.717, 1.165) is 51.4 Å². The van der Waals surface area contributed by atoms with Gasteiger partial charge in [0.25, 0.3) is 0 Å². The van der Waals surface area contributed by atoms with E-state index in [1.165, 1.54) is 0 Å². The summed E-state index contributed by atoms with van der Waals surface area (Å²) in [7, 11) is -4.78. The number of carbonyl (C=O) groups excluding carboxylic acids is 2. The zero-order valence-corrected chi connectivity index (χ0v) is 29.7. The predicted octanol–water partition coefficient (Wildman–Crippen LogP) is 9.83. The Morgan fingerprint density at radius 3 is 1.35 bits per heavy atom. The van der Waals surface area contributed by atoms with Crippen LogP contribution in [0.25, 0.3) is 0 Å². The van der Waals surface area contributed by atoms with E-state index >= 15 is 0 Å². The number of phosphoric acid groups is 1. The third kappa shape index (κ3) is 35.3. The van der Waals surface area contributed by atoms with E-state index < -0.39 is 32.5 Å². The van der Waals surface area contributed by atoms with Crippen LogP contribution in [0.15, 0.2) is 122 Å². The molecule has 9 heteroatoms. The molecule has 1 atom stereocenters. The summed E-state index contributed by atoms with van der Waals surface area (Å²) >= 11 is 0. The number of phosphoric ester groups is 1. The van der Waals surface area contributed by atoms with Crippen LogP contribution in [0.4, 0.5) is 0 Å². The van der Waals surface area contributed by atoms with E-state index in [0.29, 0.717) is 12.8 Å². The van der Waals surface area contributed by atoms with Gasteiger partial charge in [-0.05, 0) is 51.4 Å². The Bertz CT molecular complexity index is 1180. The van der Waals surface area contributed by atoms with Crippen molar-refractivity contribution in [2.45, 2.75) is 97.0 Å². The molecule has 0 fully saturated rings. The molecule has 0 spiro atoms. The predicted molar refractivity (Wildman–Crippen MR) is 197 cm³/mol.